The third-order valence-electron chi connectivity index (χ3n) is 13.4. The fourth-order valence-electron chi connectivity index (χ4n) is 10.3. The van der Waals surface area contributed by atoms with Crippen molar-refractivity contribution in [2.24, 2.45) is 0 Å². The largest absolute Gasteiger partial charge is 0.456 e. The molecule has 0 spiro atoms. The minimum atomic E-state index is 0.878. The van der Waals surface area contributed by atoms with Crippen LogP contribution in [0.2, 0.25) is 0 Å². The molecule has 0 saturated heterocycles. The van der Waals surface area contributed by atoms with Gasteiger partial charge in [0.2, 0.25) is 0 Å². The van der Waals surface area contributed by atoms with E-state index >= 15 is 0 Å². The summed E-state index contributed by atoms with van der Waals surface area (Å²) in [5, 5.41) is 7.26. The summed E-state index contributed by atoms with van der Waals surface area (Å²) in [6, 6.07) is 91.9. The van der Waals surface area contributed by atoms with Crippen LogP contribution in [-0.4, -0.2) is 4.57 Å². The molecule has 0 aliphatic heterocycles. The molecule has 0 aliphatic carbocycles. The number of rotatable bonds is 8. The van der Waals surface area contributed by atoms with Gasteiger partial charge in [0.15, 0.2) is 0 Å². The van der Waals surface area contributed by atoms with Gasteiger partial charge in [-0.1, -0.05) is 188 Å². The Morgan fingerprint density at radius 3 is 1.54 bits per heavy atom. The van der Waals surface area contributed by atoms with Crippen LogP contribution in [0.3, 0.4) is 0 Å². The number of hydrogen-bond acceptors (Lipinski definition) is 2. The first-order chi connectivity index (χ1) is 33.2. The van der Waals surface area contributed by atoms with Crippen LogP contribution in [0.25, 0.3) is 105 Å². The van der Waals surface area contributed by atoms with Crippen LogP contribution in [0.15, 0.2) is 259 Å². The van der Waals surface area contributed by atoms with Gasteiger partial charge >= 0.3 is 0 Å². The molecule has 0 amide bonds. The number of anilines is 3. The van der Waals surface area contributed by atoms with Crippen LogP contribution in [0.4, 0.5) is 17.1 Å². The van der Waals surface area contributed by atoms with E-state index in [1.54, 1.807) is 0 Å². The number of aromatic nitrogens is 1. The Kier molecular flexibility index (Phi) is 9.17. The van der Waals surface area contributed by atoms with Crippen molar-refractivity contribution in [3.63, 3.8) is 0 Å². The number of fused-ring (bicyclic) bond motifs is 7. The fraction of sp³-hybridized carbons (Fsp3) is 0. The van der Waals surface area contributed by atoms with Crippen molar-refractivity contribution in [3.8, 4) is 50.2 Å². The second-order valence-corrected chi connectivity index (χ2v) is 17.2. The van der Waals surface area contributed by atoms with Gasteiger partial charge in [-0.2, -0.15) is 0 Å². The van der Waals surface area contributed by atoms with Crippen molar-refractivity contribution in [2.75, 3.05) is 4.90 Å². The predicted octanol–water partition coefficient (Wildman–Crippen LogP) is 18.0. The molecule has 0 atom stereocenters. The first kappa shape index (κ1) is 38.5. The molecule has 3 heteroatoms. The van der Waals surface area contributed by atoms with Crippen molar-refractivity contribution < 1.29 is 4.42 Å². The molecule has 3 nitrogen and oxygen atoms in total. The molecule has 0 saturated carbocycles. The zero-order valence-electron chi connectivity index (χ0n) is 36.6. The topological polar surface area (TPSA) is 21.3 Å². The van der Waals surface area contributed by atoms with Gasteiger partial charge in [-0.15, -0.1) is 0 Å². The van der Waals surface area contributed by atoms with E-state index in [4.69, 9.17) is 4.42 Å². The lowest BCUT2D eigenvalue weighted by Gasteiger charge is -2.28. The summed E-state index contributed by atoms with van der Waals surface area (Å²) < 4.78 is 8.79. The van der Waals surface area contributed by atoms with E-state index in [0.717, 1.165) is 72.5 Å². The van der Waals surface area contributed by atoms with E-state index in [0.29, 0.717) is 0 Å². The van der Waals surface area contributed by atoms with Gasteiger partial charge < -0.3 is 13.9 Å². The van der Waals surface area contributed by atoms with Gasteiger partial charge in [-0.05, 0) is 116 Å². The quantitative estimate of drug-likeness (QED) is 0.152. The number of furan rings is 1. The highest BCUT2D eigenvalue weighted by Gasteiger charge is 2.21. The molecule has 13 rings (SSSR count). The van der Waals surface area contributed by atoms with Crippen molar-refractivity contribution in [3.05, 3.63) is 255 Å². The molecule has 0 aliphatic rings. The molecule has 11 aromatic carbocycles. The maximum absolute atomic E-state index is 6.40. The lowest BCUT2D eigenvalue weighted by molar-refractivity contribution is 0.669. The Balaban J connectivity index is 0.907. The smallest absolute Gasteiger partial charge is 0.136 e. The van der Waals surface area contributed by atoms with Gasteiger partial charge in [0, 0.05) is 44.2 Å². The summed E-state index contributed by atoms with van der Waals surface area (Å²) in [5.41, 5.74) is 17.9. The van der Waals surface area contributed by atoms with Crippen molar-refractivity contribution >= 4 is 71.6 Å². The predicted molar refractivity (Wildman–Crippen MR) is 282 cm³/mol. The molecule has 2 aromatic heterocycles. The summed E-state index contributed by atoms with van der Waals surface area (Å²) >= 11 is 0. The Morgan fingerprint density at radius 1 is 0.313 bits per heavy atom. The molecule has 2 heterocycles. The standard InChI is InChI=1S/C64H42N2O/c1-2-18-52-46(14-1)15-12-23-53(52)47-32-30-43(31-33-47)44-34-38-49(39-35-44)65(59-25-7-5-21-56(59)57-24-13-29-63-64(57)58-22-6-10-28-62(58)67-63)50-40-36-45(37-41-50)48-16-11-17-51(42-48)66-60-26-8-3-19-54(60)55-20-4-9-27-61(55)66/h1-42H. The molecule has 67 heavy (non-hydrogen) atoms. The average Bonchev–Trinajstić information content (AvgIpc) is 3.96. The molecule has 314 valence electrons. The fourth-order valence-corrected chi connectivity index (χ4v) is 10.3. The van der Waals surface area contributed by atoms with Crippen molar-refractivity contribution in [2.45, 2.75) is 0 Å². The van der Waals surface area contributed by atoms with Gasteiger partial charge in [-0.3, -0.25) is 0 Å². The zero-order valence-corrected chi connectivity index (χ0v) is 36.6. The van der Waals surface area contributed by atoms with Crippen LogP contribution in [0.5, 0.6) is 0 Å². The molecule has 0 bridgehead atoms. The maximum Gasteiger partial charge on any atom is 0.136 e. The third kappa shape index (κ3) is 6.59. The first-order valence-corrected chi connectivity index (χ1v) is 22.9. The summed E-state index contributed by atoms with van der Waals surface area (Å²) in [7, 11) is 0. The number of para-hydroxylation sites is 4. The zero-order chi connectivity index (χ0) is 44.3. The summed E-state index contributed by atoms with van der Waals surface area (Å²) in [6.45, 7) is 0. The summed E-state index contributed by atoms with van der Waals surface area (Å²) in [6.07, 6.45) is 0. The second-order valence-electron chi connectivity index (χ2n) is 17.2. The number of nitrogens with zero attached hydrogens (tertiary/aromatic N) is 2. The molecule has 0 N–H and O–H groups in total. The minimum Gasteiger partial charge on any atom is -0.456 e. The highest BCUT2D eigenvalue weighted by molar-refractivity contribution is 6.14. The Morgan fingerprint density at radius 2 is 0.806 bits per heavy atom. The third-order valence-corrected chi connectivity index (χ3v) is 13.4. The van der Waals surface area contributed by atoms with E-state index in [2.05, 4.69) is 258 Å². The lowest BCUT2D eigenvalue weighted by Crippen LogP contribution is -2.11. The normalized spacial score (nSPS) is 11.6. The van der Waals surface area contributed by atoms with Gasteiger partial charge in [0.25, 0.3) is 0 Å². The van der Waals surface area contributed by atoms with Gasteiger partial charge in [-0.25, -0.2) is 0 Å². The van der Waals surface area contributed by atoms with Crippen molar-refractivity contribution in [1.29, 1.82) is 0 Å². The monoisotopic (exact) mass is 854 g/mol. The Labute approximate surface area is 388 Å². The summed E-state index contributed by atoms with van der Waals surface area (Å²) in [5.74, 6) is 0. The second kappa shape index (κ2) is 16.0. The Bertz CT molecular complexity index is 3910. The van der Waals surface area contributed by atoms with Crippen molar-refractivity contribution in [1.82, 2.24) is 4.57 Å². The van der Waals surface area contributed by atoms with Crippen LogP contribution < -0.4 is 4.90 Å². The number of benzene rings is 11. The van der Waals surface area contributed by atoms with E-state index in [9.17, 15) is 0 Å². The van der Waals surface area contributed by atoms with Crippen LogP contribution in [0, 0.1) is 0 Å². The SMILES string of the molecule is c1cc(-c2ccc(N(c3ccc(-c4ccc(-c5cccc6ccccc56)cc4)cc3)c3ccccc3-c3cccc4oc5ccccc5c34)cc2)cc(-n2c3ccccc3c3ccccc32)c1. The highest BCUT2D eigenvalue weighted by Crippen LogP contribution is 2.45. The van der Waals surface area contributed by atoms with Crippen LogP contribution in [-0.2, 0) is 0 Å². The first-order valence-electron chi connectivity index (χ1n) is 22.9. The Hall–Kier alpha value is -8.92. The molecule has 0 unspecified atom stereocenters. The molecule has 0 radical (unpaired) electrons. The summed E-state index contributed by atoms with van der Waals surface area (Å²) in [4.78, 5) is 2.39. The number of hydrogen-bond donors (Lipinski definition) is 0. The minimum absolute atomic E-state index is 0.878. The van der Waals surface area contributed by atoms with Crippen LogP contribution in [0.1, 0.15) is 0 Å². The van der Waals surface area contributed by atoms with Crippen LogP contribution >= 0.6 is 0 Å². The average molecular weight is 855 g/mol. The molecular formula is C64H42N2O. The molecular weight excluding hydrogens is 813 g/mol. The van der Waals surface area contributed by atoms with Gasteiger partial charge in [0.1, 0.15) is 11.2 Å². The maximum atomic E-state index is 6.40. The lowest BCUT2D eigenvalue weighted by atomic mass is 9.95. The van der Waals surface area contributed by atoms with E-state index in [1.807, 2.05) is 6.07 Å². The van der Waals surface area contributed by atoms with E-state index in [-0.39, 0.29) is 0 Å². The van der Waals surface area contributed by atoms with Gasteiger partial charge in [0.05, 0.1) is 16.7 Å². The molecule has 0 fully saturated rings. The molecule has 13 aromatic rings. The van der Waals surface area contributed by atoms with E-state index in [1.165, 1.54) is 49.3 Å². The van der Waals surface area contributed by atoms with E-state index < -0.39 is 0 Å². The highest BCUT2D eigenvalue weighted by atomic mass is 16.3.